The SMILES string of the molecule is Cc1c(CN)cnn1CCOC(C)(C)C. The zero-order valence-corrected chi connectivity index (χ0v) is 10.1. The topological polar surface area (TPSA) is 53.1 Å². The predicted molar refractivity (Wildman–Crippen MR) is 60.6 cm³/mol. The van der Waals surface area contributed by atoms with E-state index in [0.717, 1.165) is 17.8 Å². The standard InChI is InChI=1S/C11H21N3O/c1-9-10(7-12)8-13-14(9)5-6-15-11(2,3)4/h8H,5-7,12H2,1-4H3. The molecule has 0 unspecified atom stereocenters. The minimum atomic E-state index is -0.0856. The van der Waals surface area contributed by atoms with Gasteiger partial charge in [-0.15, -0.1) is 0 Å². The molecule has 0 saturated heterocycles. The minimum absolute atomic E-state index is 0.0856. The van der Waals surface area contributed by atoms with Crippen LogP contribution in [0.15, 0.2) is 6.20 Å². The fraction of sp³-hybridized carbons (Fsp3) is 0.727. The number of aromatic nitrogens is 2. The Labute approximate surface area is 91.4 Å². The molecule has 0 aromatic carbocycles. The molecule has 2 N–H and O–H groups in total. The molecule has 1 aromatic rings. The van der Waals surface area contributed by atoms with E-state index >= 15 is 0 Å². The molecule has 4 heteroatoms. The first-order valence-electron chi connectivity index (χ1n) is 5.29. The summed E-state index contributed by atoms with van der Waals surface area (Å²) in [5.41, 5.74) is 7.73. The van der Waals surface area contributed by atoms with E-state index in [2.05, 4.69) is 5.10 Å². The van der Waals surface area contributed by atoms with E-state index in [9.17, 15) is 0 Å². The Kier molecular flexibility index (Phi) is 3.88. The summed E-state index contributed by atoms with van der Waals surface area (Å²) in [7, 11) is 0. The molecule has 0 bridgehead atoms. The molecule has 0 aliphatic rings. The quantitative estimate of drug-likeness (QED) is 0.820. The Morgan fingerprint density at radius 2 is 2.13 bits per heavy atom. The normalized spacial score (nSPS) is 12.1. The lowest BCUT2D eigenvalue weighted by Gasteiger charge is -2.19. The van der Waals surface area contributed by atoms with Crippen LogP contribution in [0.4, 0.5) is 0 Å². The van der Waals surface area contributed by atoms with E-state index in [4.69, 9.17) is 10.5 Å². The summed E-state index contributed by atoms with van der Waals surface area (Å²) in [6.07, 6.45) is 1.83. The van der Waals surface area contributed by atoms with Crippen LogP contribution in [-0.2, 0) is 17.8 Å². The lowest BCUT2D eigenvalue weighted by atomic mass is 10.2. The van der Waals surface area contributed by atoms with E-state index in [1.807, 2.05) is 38.6 Å². The predicted octanol–water partition coefficient (Wildman–Crippen LogP) is 1.47. The summed E-state index contributed by atoms with van der Waals surface area (Å²) in [5.74, 6) is 0. The Morgan fingerprint density at radius 3 is 2.60 bits per heavy atom. The summed E-state index contributed by atoms with van der Waals surface area (Å²) in [5, 5.41) is 4.26. The number of nitrogens with two attached hydrogens (primary N) is 1. The molecule has 1 aromatic heterocycles. The van der Waals surface area contributed by atoms with Crippen molar-refractivity contribution in [2.24, 2.45) is 5.73 Å². The van der Waals surface area contributed by atoms with Crippen LogP contribution in [0.25, 0.3) is 0 Å². The van der Waals surface area contributed by atoms with Gasteiger partial charge >= 0.3 is 0 Å². The molecule has 0 saturated carbocycles. The highest BCUT2D eigenvalue weighted by Gasteiger charge is 2.10. The number of ether oxygens (including phenoxy) is 1. The van der Waals surface area contributed by atoms with Crippen molar-refractivity contribution in [1.82, 2.24) is 9.78 Å². The Morgan fingerprint density at radius 1 is 1.47 bits per heavy atom. The molecule has 0 aliphatic heterocycles. The van der Waals surface area contributed by atoms with Crippen molar-refractivity contribution in [2.75, 3.05) is 6.61 Å². The lowest BCUT2D eigenvalue weighted by molar-refractivity contribution is -0.00809. The van der Waals surface area contributed by atoms with Gasteiger partial charge in [0.2, 0.25) is 0 Å². The molecule has 4 nitrogen and oxygen atoms in total. The van der Waals surface area contributed by atoms with Gasteiger partial charge in [-0.1, -0.05) is 0 Å². The van der Waals surface area contributed by atoms with Gasteiger partial charge in [-0.2, -0.15) is 5.10 Å². The third-order valence-electron chi connectivity index (χ3n) is 2.26. The van der Waals surface area contributed by atoms with Crippen LogP contribution >= 0.6 is 0 Å². The van der Waals surface area contributed by atoms with E-state index in [0.29, 0.717) is 13.2 Å². The van der Waals surface area contributed by atoms with E-state index in [1.54, 1.807) is 0 Å². The van der Waals surface area contributed by atoms with Gasteiger partial charge in [-0.25, -0.2) is 0 Å². The maximum Gasteiger partial charge on any atom is 0.0669 e. The molecular weight excluding hydrogens is 190 g/mol. The second-order valence-corrected chi connectivity index (χ2v) is 4.64. The van der Waals surface area contributed by atoms with Crippen LogP contribution in [0.2, 0.25) is 0 Å². The number of nitrogens with zero attached hydrogens (tertiary/aromatic N) is 2. The van der Waals surface area contributed by atoms with Gasteiger partial charge < -0.3 is 10.5 Å². The van der Waals surface area contributed by atoms with Crippen LogP contribution < -0.4 is 5.73 Å². The highest BCUT2D eigenvalue weighted by atomic mass is 16.5. The van der Waals surface area contributed by atoms with Crippen LogP contribution in [-0.4, -0.2) is 22.0 Å². The highest BCUT2D eigenvalue weighted by molar-refractivity contribution is 5.15. The Hall–Kier alpha value is -0.870. The maximum atomic E-state index is 5.64. The van der Waals surface area contributed by atoms with Gasteiger partial charge in [0.1, 0.15) is 0 Å². The zero-order chi connectivity index (χ0) is 11.5. The van der Waals surface area contributed by atoms with Gasteiger partial charge in [-0.3, -0.25) is 4.68 Å². The smallest absolute Gasteiger partial charge is 0.0669 e. The van der Waals surface area contributed by atoms with Crippen molar-refractivity contribution in [2.45, 2.75) is 46.4 Å². The zero-order valence-electron chi connectivity index (χ0n) is 10.1. The van der Waals surface area contributed by atoms with Crippen molar-refractivity contribution >= 4 is 0 Å². The molecular formula is C11H21N3O. The lowest BCUT2D eigenvalue weighted by Crippen LogP contribution is -2.22. The van der Waals surface area contributed by atoms with Crippen molar-refractivity contribution in [3.05, 3.63) is 17.5 Å². The van der Waals surface area contributed by atoms with Crippen molar-refractivity contribution in [3.63, 3.8) is 0 Å². The average molecular weight is 211 g/mol. The summed E-state index contributed by atoms with van der Waals surface area (Å²) in [4.78, 5) is 0. The molecule has 1 heterocycles. The first-order valence-corrected chi connectivity index (χ1v) is 5.29. The molecule has 0 fully saturated rings. The van der Waals surface area contributed by atoms with Crippen LogP contribution in [0.5, 0.6) is 0 Å². The fourth-order valence-corrected chi connectivity index (χ4v) is 1.35. The molecule has 15 heavy (non-hydrogen) atoms. The van der Waals surface area contributed by atoms with Crippen LogP contribution in [0, 0.1) is 6.92 Å². The van der Waals surface area contributed by atoms with Crippen molar-refractivity contribution < 1.29 is 4.74 Å². The third-order valence-corrected chi connectivity index (χ3v) is 2.26. The van der Waals surface area contributed by atoms with Gasteiger partial charge in [0.15, 0.2) is 0 Å². The third kappa shape index (κ3) is 3.64. The molecule has 0 aliphatic carbocycles. The Balaban J connectivity index is 2.48. The first kappa shape index (κ1) is 12.2. The van der Waals surface area contributed by atoms with Gasteiger partial charge in [0.05, 0.1) is 24.9 Å². The second-order valence-electron chi connectivity index (χ2n) is 4.64. The summed E-state index contributed by atoms with van der Waals surface area (Å²) in [6, 6.07) is 0. The largest absolute Gasteiger partial charge is 0.374 e. The van der Waals surface area contributed by atoms with Gasteiger partial charge in [-0.05, 0) is 27.7 Å². The monoisotopic (exact) mass is 211 g/mol. The molecule has 0 radical (unpaired) electrons. The van der Waals surface area contributed by atoms with Crippen molar-refractivity contribution in [1.29, 1.82) is 0 Å². The fourth-order valence-electron chi connectivity index (χ4n) is 1.35. The van der Waals surface area contributed by atoms with Gasteiger partial charge in [0, 0.05) is 17.8 Å². The van der Waals surface area contributed by atoms with Crippen molar-refractivity contribution in [3.8, 4) is 0 Å². The molecule has 0 amide bonds. The summed E-state index contributed by atoms with van der Waals surface area (Å²) in [6.45, 7) is 10.2. The van der Waals surface area contributed by atoms with E-state index < -0.39 is 0 Å². The summed E-state index contributed by atoms with van der Waals surface area (Å²) < 4.78 is 7.58. The number of hydrogen-bond donors (Lipinski definition) is 1. The molecule has 86 valence electrons. The average Bonchev–Trinajstić information content (AvgIpc) is 2.46. The Bertz CT molecular complexity index is 312. The minimum Gasteiger partial charge on any atom is -0.374 e. The van der Waals surface area contributed by atoms with Gasteiger partial charge in [0.25, 0.3) is 0 Å². The van der Waals surface area contributed by atoms with E-state index in [1.165, 1.54) is 0 Å². The number of rotatable bonds is 4. The second kappa shape index (κ2) is 4.77. The van der Waals surface area contributed by atoms with E-state index in [-0.39, 0.29) is 5.60 Å². The maximum absolute atomic E-state index is 5.64. The van der Waals surface area contributed by atoms with Crippen LogP contribution in [0.1, 0.15) is 32.0 Å². The summed E-state index contributed by atoms with van der Waals surface area (Å²) >= 11 is 0. The van der Waals surface area contributed by atoms with Crippen LogP contribution in [0.3, 0.4) is 0 Å². The number of hydrogen-bond acceptors (Lipinski definition) is 3. The molecule has 0 spiro atoms. The molecule has 1 rings (SSSR count). The molecule has 0 atom stereocenters. The highest BCUT2D eigenvalue weighted by Crippen LogP contribution is 2.09. The first-order chi connectivity index (χ1) is 6.94.